The quantitative estimate of drug-likeness (QED) is 0.922. The molecule has 2 aromatic rings. The first kappa shape index (κ1) is 12.8. The zero-order valence-corrected chi connectivity index (χ0v) is 11.3. The number of fused-ring (bicyclic) bond motifs is 1. The Bertz CT molecular complexity index is 589. The van der Waals surface area contributed by atoms with Crippen molar-refractivity contribution in [3.63, 3.8) is 0 Å². The molecule has 0 radical (unpaired) electrons. The topological polar surface area (TPSA) is 77.9 Å². The van der Waals surface area contributed by atoms with Gasteiger partial charge in [-0.25, -0.2) is 9.97 Å². The van der Waals surface area contributed by atoms with Gasteiger partial charge in [0.15, 0.2) is 0 Å². The highest BCUT2D eigenvalue weighted by molar-refractivity contribution is 9.10. The van der Waals surface area contributed by atoms with Gasteiger partial charge in [-0.05, 0) is 24.6 Å². The molecule has 5 nitrogen and oxygen atoms in total. The zero-order chi connectivity index (χ0) is 13.1. The molecule has 94 valence electrons. The fourth-order valence-electron chi connectivity index (χ4n) is 1.64. The number of carboxylic acid groups (broad SMARTS) is 1. The first-order valence-electron chi connectivity index (χ1n) is 5.49. The van der Waals surface area contributed by atoms with Crippen molar-refractivity contribution in [2.75, 3.05) is 5.32 Å². The van der Waals surface area contributed by atoms with Crippen molar-refractivity contribution >= 4 is 38.6 Å². The Morgan fingerprint density at radius 3 is 2.94 bits per heavy atom. The van der Waals surface area contributed by atoms with E-state index in [0.29, 0.717) is 12.2 Å². The number of benzene rings is 1. The molecule has 0 bridgehead atoms. The third-order valence-corrected chi connectivity index (χ3v) is 3.09. The molecule has 0 saturated carbocycles. The van der Waals surface area contributed by atoms with Gasteiger partial charge >= 0.3 is 0 Å². The van der Waals surface area contributed by atoms with Crippen LogP contribution in [-0.2, 0) is 4.79 Å². The van der Waals surface area contributed by atoms with Crippen LogP contribution in [-0.4, -0.2) is 22.0 Å². The standard InChI is InChI=1S/C12H12BrN3O2/c1-2-9(12(17)18)16-11-8-5-7(13)3-4-10(8)14-6-15-11/h3-6,9H,2H2,1H3,(H,17,18)(H,14,15,16)/p-1. The van der Waals surface area contributed by atoms with Gasteiger partial charge in [0.05, 0.1) is 17.5 Å². The van der Waals surface area contributed by atoms with Gasteiger partial charge < -0.3 is 15.2 Å². The minimum Gasteiger partial charge on any atom is -0.548 e. The van der Waals surface area contributed by atoms with Crippen molar-refractivity contribution < 1.29 is 9.90 Å². The summed E-state index contributed by atoms with van der Waals surface area (Å²) in [5.41, 5.74) is 0.754. The van der Waals surface area contributed by atoms with E-state index in [9.17, 15) is 9.90 Å². The van der Waals surface area contributed by atoms with Gasteiger partial charge in [-0.1, -0.05) is 22.9 Å². The summed E-state index contributed by atoms with van der Waals surface area (Å²) in [6.07, 6.45) is 1.82. The summed E-state index contributed by atoms with van der Waals surface area (Å²) in [6.45, 7) is 1.77. The lowest BCUT2D eigenvalue weighted by Crippen LogP contribution is -2.40. The third kappa shape index (κ3) is 2.59. The number of nitrogens with zero attached hydrogens (tertiary/aromatic N) is 2. The van der Waals surface area contributed by atoms with Gasteiger partial charge in [0.2, 0.25) is 0 Å². The Hall–Kier alpha value is -1.69. The Morgan fingerprint density at radius 1 is 1.50 bits per heavy atom. The van der Waals surface area contributed by atoms with Crippen LogP contribution in [0.1, 0.15) is 13.3 Å². The maximum Gasteiger partial charge on any atom is 0.137 e. The third-order valence-electron chi connectivity index (χ3n) is 2.60. The average molecular weight is 309 g/mol. The number of hydrogen-bond donors (Lipinski definition) is 1. The number of carboxylic acids is 1. The number of rotatable bonds is 4. The van der Waals surface area contributed by atoms with Crippen LogP contribution in [0.3, 0.4) is 0 Å². The van der Waals surface area contributed by atoms with E-state index in [1.807, 2.05) is 18.2 Å². The number of aromatic nitrogens is 2. The summed E-state index contributed by atoms with van der Waals surface area (Å²) in [6, 6.07) is 4.79. The lowest BCUT2D eigenvalue weighted by atomic mass is 10.2. The van der Waals surface area contributed by atoms with E-state index in [1.54, 1.807) is 6.92 Å². The molecule has 1 atom stereocenters. The molecular formula is C12H11BrN3O2-. The molecule has 0 amide bonds. The second-order valence-corrected chi connectivity index (χ2v) is 4.72. The van der Waals surface area contributed by atoms with Gasteiger partial charge in [-0.3, -0.25) is 0 Å². The molecule has 1 unspecified atom stereocenters. The summed E-state index contributed by atoms with van der Waals surface area (Å²) in [4.78, 5) is 19.1. The highest BCUT2D eigenvalue weighted by Crippen LogP contribution is 2.23. The van der Waals surface area contributed by atoms with Crippen molar-refractivity contribution in [2.24, 2.45) is 0 Å². The fraction of sp³-hybridized carbons (Fsp3) is 0.250. The van der Waals surface area contributed by atoms with Crippen LogP contribution in [0.25, 0.3) is 10.9 Å². The molecule has 18 heavy (non-hydrogen) atoms. The number of halogens is 1. The summed E-state index contributed by atoms with van der Waals surface area (Å²) in [5, 5.41) is 14.5. The smallest absolute Gasteiger partial charge is 0.137 e. The molecular weight excluding hydrogens is 298 g/mol. The van der Waals surface area contributed by atoms with Crippen molar-refractivity contribution in [1.82, 2.24) is 9.97 Å². The molecule has 2 rings (SSSR count). The van der Waals surface area contributed by atoms with E-state index < -0.39 is 12.0 Å². The second-order valence-electron chi connectivity index (χ2n) is 3.81. The summed E-state index contributed by atoms with van der Waals surface area (Å²) in [7, 11) is 0. The monoisotopic (exact) mass is 308 g/mol. The Kier molecular flexibility index (Phi) is 3.76. The van der Waals surface area contributed by atoms with Crippen LogP contribution >= 0.6 is 15.9 Å². The predicted molar refractivity (Wildman–Crippen MR) is 69.9 cm³/mol. The van der Waals surface area contributed by atoms with Crippen molar-refractivity contribution in [3.05, 3.63) is 29.0 Å². The maximum atomic E-state index is 10.9. The molecule has 1 aromatic heterocycles. The van der Waals surface area contributed by atoms with E-state index in [-0.39, 0.29) is 0 Å². The Labute approximate surface area is 112 Å². The second kappa shape index (κ2) is 5.30. The molecule has 6 heteroatoms. The molecule has 1 heterocycles. The molecule has 1 aromatic carbocycles. The minimum atomic E-state index is -1.14. The molecule has 1 N–H and O–H groups in total. The van der Waals surface area contributed by atoms with Crippen molar-refractivity contribution in [2.45, 2.75) is 19.4 Å². The van der Waals surface area contributed by atoms with Crippen LogP contribution in [0.5, 0.6) is 0 Å². The van der Waals surface area contributed by atoms with Crippen LogP contribution in [0, 0.1) is 0 Å². The van der Waals surface area contributed by atoms with E-state index in [1.165, 1.54) is 6.33 Å². The van der Waals surface area contributed by atoms with Crippen LogP contribution < -0.4 is 10.4 Å². The van der Waals surface area contributed by atoms with Crippen molar-refractivity contribution in [3.8, 4) is 0 Å². The summed E-state index contributed by atoms with van der Waals surface area (Å²) >= 11 is 3.37. The summed E-state index contributed by atoms with van der Waals surface area (Å²) in [5.74, 6) is -0.642. The number of carbonyl (C=O) groups excluding carboxylic acids is 1. The predicted octanol–water partition coefficient (Wildman–Crippen LogP) is 1.33. The van der Waals surface area contributed by atoms with E-state index in [2.05, 4.69) is 31.2 Å². The van der Waals surface area contributed by atoms with E-state index >= 15 is 0 Å². The van der Waals surface area contributed by atoms with Crippen LogP contribution in [0.15, 0.2) is 29.0 Å². The van der Waals surface area contributed by atoms with Crippen LogP contribution in [0.2, 0.25) is 0 Å². The highest BCUT2D eigenvalue weighted by atomic mass is 79.9. The van der Waals surface area contributed by atoms with Gasteiger partial charge in [0, 0.05) is 9.86 Å². The molecule has 0 fully saturated rings. The van der Waals surface area contributed by atoms with Gasteiger partial charge in [0.25, 0.3) is 0 Å². The first-order valence-corrected chi connectivity index (χ1v) is 6.28. The lowest BCUT2D eigenvalue weighted by molar-refractivity contribution is -0.306. The van der Waals surface area contributed by atoms with Gasteiger partial charge in [0.1, 0.15) is 12.1 Å². The fourth-order valence-corrected chi connectivity index (χ4v) is 2.00. The maximum absolute atomic E-state index is 10.9. The van der Waals surface area contributed by atoms with Crippen molar-refractivity contribution in [1.29, 1.82) is 0 Å². The molecule has 0 aliphatic heterocycles. The van der Waals surface area contributed by atoms with E-state index in [4.69, 9.17) is 0 Å². The number of carbonyl (C=O) groups is 1. The largest absolute Gasteiger partial charge is 0.548 e. The average Bonchev–Trinajstić information content (AvgIpc) is 2.35. The van der Waals surface area contributed by atoms with Gasteiger partial charge in [-0.15, -0.1) is 0 Å². The molecule has 0 aliphatic carbocycles. The number of aliphatic carboxylic acids is 1. The zero-order valence-electron chi connectivity index (χ0n) is 9.68. The lowest BCUT2D eigenvalue weighted by Gasteiger charge is -2.19. The molecule has 0 spiro atoms. The number of nitrogens with one attached hydrogen (secondary N) is 1. The van der Waals surface area contributed by atoms with Crippen LogP contribution in [0.4, 0.5) is 5.82 Å². The minimum absolute atomic E-state index is 0.418. The first-order chi connectivity index (χ1) is 8.61. The van der Waals surface area contributed by atoms with Gasteiger partial charge in [-0.2, -0.15) is 0 Å². The SMILES string of the molecule is CCC(Nc1ncnc2ccc(Br)cc12)C(=O)[O-]. The number of anilines is 1. The summed E-state index contributed by atoms with van der Waals surface area (Å²) < 4.78 is 0.884. The Balaban J connectivity index is 2.44. The molecule has 0 aliphatic rings. The Morgan fingerprint density at radius 2 is 2.28 bits per heavy atom. The normalized spacial score (nSPS) is 12.3. The molecule has 0 saturated heterocycles. The number of hydrogen-bond acceptors (Lipinski definition) is 5. The highest BCUT2D eigenvalue weighted by Gasteiger charge is 2.10. The van der Waals surface area contributed by atoms with E-state index in [0.717, 1.165) is 15.4 Å².